The monoisotopic (exact) mass is 292 g/mol. The molecule has 1 saturated heterocycles. The van der Waals surface area contributed by atoms with Crippen molar-refractivity contribution in [2.24, 2.45) is 12.8 Å². The Kier molecular flexibility index (Phi) is 5.52. The minimum Gasteiger partial charge on any atom is -0.337 e. The molecule has 1 aromatic heterocycles. The predicted octanol–water partition coefficient (Wildman–Crippen LogP) is -0.118. The van der Waals surface area contributed by atoms with Crippen molar-refractivity contribution < 1.29 is 4.79 Å². The molecule has 21 heavy (non-hydrogen) atoms. The van der Waals surface area contributed by atoms with Crippen LogP contribution in [0.5, 0.6) is 0 Å². The lowest BCUT2D eigenvalue weighted by Gasteiger charge is -2.22. The number of amides is 1. The van der Waals surface area contributed by atoms with E-state index < -0.39 is 0 Å². The van der Waals surface area contributed by atoms with Gasteiger partial charge in [-0.3, -0.25) is 9.59 Å². The molecular formula is C15H24N4O2. The Balaban J connectivity index is 1.99. The third kappa shape index (κ3) is 4.15. The highest BCUT2D eigenvalue weighted by molar-refractivity contribution is 5.94. The molecule has 0 aromatic carbocycles. The number of nitrogens with zero attached hydrogens (tertiary/aromatic N) is 3. The summed E-state index contributed by atoms with van der Waals surface area (Å²) in [6.07, 6.45) is 3.59. The van der Waals surface area contributed by atoms with Gasteiger partial charge in [-0.15, -0.1) is 0 Å². The first-order valence-electron chi connectivity index (χ1n) is 7.50. The highest BCUT2D eigenvalue weighted by Gasteiger charge is 2.20. The fraction of sp³-hybridized carbons (Fsp3) is 0.600. The Morgan fingerprint density at radius 1 is 1.29 bits per heavy atom. The zero-order valence-corrected chi connectivity index (χ0v) is 12.6. The molecule has 0 bridgehead atoms. The molecule has 6 nitrogen and oxygen atoms in total. The van der Waals surface area contributed by atoms with Crippen LogP contribution in [0.4, 0.5) is 0 Å². The van der Waals surface area contributed by atoms with Crippen LogP contribution in [0.1, 0.15) is 23.2 Å². The number of hydrogen-bond donors (Lipinski definition) is 1. The van der Waals surface area contributed by atoms with Gasteiger partial charge in [-0.1, -0.05) is 0 Å². The number of carbonyl (C=O) groups is 1. The van der Waals surface area contributed by atoms with Crippen molar-refractivity contribution in [2.45, 2.75) is 12.8 Å². The van der Waals surface area contributed by atoms with Gasteiger partial charge in [-0.2, -0.15) is 0 Å². The highest BCUT2D eigenvalue weighted by atomic mass is 16.2. The second-order valence-corrected chi connectivity index (χ2v) is 5.49. The van der Waals surface area contributed by atoms with Crippen LogP contribution in [-0.4, -0.2) is 59.5 Å². The fourth-order valence-electron chi connectivity index (χ4n) is 2.58. The standard InChI is InChI=1S/C15H24N4O2/c1-17-9-4-13(12-14(17)20)15(21)19-8-3-7-18(10-11-19)6-2-5-16/h4,9,12H,2-3,5-8,10-11,16H2,1H3. The summed E-state index contributed by atoms with van der Waals surface area (Å²) in [5.41, 5.74) is 5.87. The van der Waals surface area contributed by atoms with Gasteiger partial charge in [0.05, 0.1) is 0 Å². The van der Waals surface area contributed by atoms with Gasteiger partial charge < -0.3 is 20.1 Å². The molecule has 116 valence electrons. The van der Waals surface area contributed by atoms with Gasteiger partial charge >= 0.3 is 0 Å². The SMILES string of the molecule is Cn1ccc(C(=O)N2CCCN(CCCN)CC2)cc1=O. The summed E-state index contributed by atoms with van der Waals surface area (Å²) in [6.45, 7) is 5.01. The van der Waals surface area contributed by atoms with Gasteiger partial charge in [0.2, 0.25) is 0 Å². The molecule has 2 N–H and O–H groups in total. The maximum Gasteiger partial charge on any atom is 0.254 e. The van der Waals surface area contributed by atoms with E-state index in [4.69, 9.17) is 5.73 Å². The molecule has 2 rings (SSSR count). The smallest absolute Gasteiger partial charge is 0.254 e. The third-order valence-electron chi connectivity index (χ3n) is 3.91. The van der Waals surface area contributed by atoms with Crippen molar-refractivity contribution in [1.29, 1.82) is 0 Å². The first-order valence-corrected chi connectivity index (χ1v) is 7.50. The van der Waals surface area contributed by atoms with E-state index in [0.29, 0.717) is 18.7 Å². The van der Waals surface area contributed by atoms with Crippen LogP contribution in [0.15, 0.2) is 23.1 Å². The second-order valence-electron chi connectivity index (χ2n) is 5.49. The van der Waals surface area contributed by atoms with Crippen LogP contribution in [0, 0.1) is 0 Å². The van der Waals surface area contributed by atoms with Gasteiger partial charge in [0, 0.05) is 44.5 Å². The molecular weight excluding hydrogens is 268 g/mol. The molecule has 6 heteroatoms. The number of aryl methyl sites for hydroxylation is 1. The van der Waals surface area contributed by atoms with Crippen LogP contribution in [-0.2, 0) is 7.05 Å². The molecule has 2 heterocycles. The van der Waals surface area contributed by atoms with Gasteiger partial charge in [-0.25, -0.2) is 0 Å². The van der Waals surface area contributed by atoms with Gasteiger partial charge in [0.1, 0.15) is 0 Å². The minimum absolute atomic E-state index is 0.0478. The van der Waals surface area contributed by atoms with E-state index >= 15 is 0 Å². The van der Waals surface area contributed by atoms with E-state index in [1.54, 1.807) is 19.3 Å². The lowest BCUT2D eigenvalue weighted by molar-refractivity contribution is 0.0761. The quantitative estimate of drug-likeness (QED) is 0.840. The zero-order chi connectivity index (χ0) is 15.2. The van der Waals surface area contributed by atoms with Crippen molar-refractivity contribution in [2.75, 3.05) is 39.3 Å². The molecule has 0 aliphatic carbocycles. The molecule has 0 unspecified atom stereocenters. The molecule has 1 amide bonds. The lowest BCUT2D eigenvalue weighted by Crippen LogP contribution is -2.36. The lowest BCUT2D eigenvalue weighted by atomic mass is 10.2. The Hall–Kier alpha value is -1.66. The largest absolute Gasteiger partial charge is 0.337 e. The van der Waals surface area contributed by atoms with E-state index in [1.807, 2.05) is 4.90 Å². The van der Waals surface area contributed by atoms with Gasteiger partial charge in [0.25, 0.3) is 11.5 Å². The molecule has 1 aliphatic heterocycles. The van der Waals surface area contributed by atoms with E-state index in [1.165, 1.54) is 10.6 Å². The maximum atomic E-state index is 12.5. The number of carbonyl (C=O) groups excluding carboxylic acids is 1. The van der Waals surface area contributed by atoms with E-state index in [9.17, 15) is 9.59 Å². The van der Waals surface area contributed by atoms with Gasteiger partial charge in [0.15, 0.2) is 0 Å². The fourth-order valence-corrected chi connectivity index (χ4v) is 2.58. The van der Waals surface area contributed by atoms with Crippen molar-refractivity contribution in [3.63, 3.8) is 0 Å². The Labute approximate surface area is 125 Å². The number of rotatable bonds is 4. The van der Waals surface area contributed by atoms with E-state index in [0.717, 1.165) is 39.0 Å². The summed E-state index contributed by atoms with van der Waals surface area (Å²) < 4.78 is 1.47. The van der Waals surface area contributed by atoms with E-state index in [-0.39, 0.29) is 11.5 Å². The van der Waals surface area contributed by atoms with Gasteiger partial charge in [-0.05, 0) is 38.5 Å². The Morgan fingerprint density at radius 3 is 2.81 bits per heavy atom. The first-order chi connectivity index (χ1) is 10.1. The molecule has 0 saturated carbocycles. The second kappa shape index (κ2) is 7.38. The summed E-state index contributed by atoms with van der Waals surface area (Å²) in [6, 6.07) is 3.13. The number of pyridine rings is 1. The molecule has 1 aliphatic rings. The van der Waals surface area contributed by atoms with Crippen LogP contribution >= 0.6 is 0 Å². The van der Waals surface area contributed by atoms with Crippen LogP contribution in [0.2, 0.25) is 0 Å². The first kappa shape index (κ1) is 15.7. The van der Waals surface area contributed by atoms with Crippen LogP contribution < -0.4 is 11.3 Å². The number of hydrogen-bond acceptors (Lipinski definition) is 4. The summed E-state index contributed by atoms with van der Waals surface area (Å²) >= 11 is 0. The normalized spacial score (nSPS) is 16.8. The molecule has 1 fully saturated rings. The maximum absolute atomic E-state index is 12.5. The molecule has 1 aromatic rings. The van der Waals surface area contributed by atoms with Crippen LogP contribution in [0.3, 0.4) is 0 Å². The van der Waals surface area contributed by atoms with Crippen molar-refractivity contribution >= 4 is 5.91 Å². The molecule has 0 atom stereocenters. The summed E-state index contributed by atoms with van der Waals surface area (Å²) in [5.74, 6) is -0.0478. The summed E-state index contributed by atoms with van der Waals surface area (Å²) in [4.78, 5) is 28.3. The minimum atomic E-state index is -0.153. The third-order valence-corrected chi connectivity index (χ3v) is 3.91. The van der Waals surface area contributed by atoms with Crippen LogP contribution in [0.25, 0.3) is 0 Å². The Morgan fingerprint density at radius 2 is 2.10 bits per heavy atom. The van der Waals surface area contributed by atoms with E-state index in [2.05, 4.69) is 4.90 Å². The average Bonchev–Trinajstić information content (AvgIpc) is 2.73. The van der Waals surface area contributed by atoms with Crippen molar-refractivity contribution in [3.8, 4) is 0 Å². The topological polar surface area (TPSA) is 71.6 Å². The number of nitrogens with two attached hydrogens (primary N) is 1. The molecule has 0 radical (unpaired) electrons. The zero-order valence-electron chi connectivity index (χ0n) is 12.6. The molecule has 0 spiro atoms. The Bertz CT molecular complexity index is 541. The number of aromatic nitrogens is 1. The summed E-state index contributed by atoms with van der Waals surface area (Å²) in [7, 11) is 1.68. The van der Waals surface area contributed by atoms with Crippen molar-refractivity contribution in [1.82, 2.24) is 14.4 Å². The average molecular weight is 292 g/mol. The summed E-state index contributed by atoms with van der Waals surface area (Å²) in [5, 5.41) is 0. The highest BCUT2D eigenvalue weighted by Crippen LogP contribution is 2.08. The predicted molar refractivity (Wildman–Crippen MR) is 82.3 cm³/mol. The van der Waals surface area contributed by atoms with Crippen molar-refractivity contribution in [3.05, 3.63) is 34.2 Å².